The number of halogens is 3. The van der Waals surface area contributed by atoms with Gasteiger partial charge >= 0.3 is 6.18 Å². The first-order chi connectivity index (χ1) is 19.7. The minimum Gasteiger partial charge on any atom is -0.494 e. The topological polar surface area (TPSA) is 102 Å². The molecular formula is C29H33F3N6O3. The van der Waals surface area contributed by atoms with Gasteiger partial charge in [0.15, 0.2) is 5.82 Å². The summed E-state index contributed by atoms with van der Waals surface area (Å²) in [6, 6.07) is 10.7. The van der Waals surface area contributed by atoms with Gasteiger partial charge in [-0.1, -0.05) is 12.1 Å². The standard InChI is InChI=1S/C29H33F3N6O3/c1-41-24-15-19(28(40)36-8-3-6-20(33)16-36)13-21-26(24)38(17-29(30,31)32)27(34-21)23-14-18-5-2-7-22-25(18)37(23)11-10-35(22)9-4-12-39/h2,5,7,13-15,20,39H,3-4,6,8-12,16-17,33H2,1H3. The van der Waals surface area contributed by atoms with Crippen molar-refractivity contribution in [2.75, 3.05) is 44.8 Å². The summed E-state index contributed by atoms with van der Waals surface area (Å²) in [6.07, 6.45) is -2.27. The number of aliphatic hydroxyl groups is 1. The second-order valence-electron chi connectivity index (χ2n) is 10.8. The summed E-state index contributed by atoms with van der Waals surface area (Å²) in [5, 5.41) is 10.2. The van der Waals surface area contributed by atoms with Crippen LogP contribution in [0.5, 0.6) is 5.75 Å². The quantitative estimate of drug-likeness (QED) is 0.349. The molecule has 0 aliphatic carbocycles. The average molecular weight is 571 g/mol. The number of carbonyl (C=O) groups is 1. The van der Waals surface area contributed by atoms with Gasteiger partial charge in [-0.25, -0.2) is 4.98 Å². The monoisotopic (exact) mass is 570 g/mol. The molecule has 4 heterocycles. The van der Waals surface area contributed by atoms with Gasteiger partial charge in [0.05, 0.1) is 29.5 Å². The van der Waals surface area contributed by atoms with E-state index in [1.165, 1.54) is 13.2 Å². The van der Waals surface area contributed by atoms with Crippen LogP contribution in [0.15, 0.2) is 36.4 Å². The molecule has 2 aliphatic rings. The maximum atomic E-state index is 14.0. The molecule has 12 heteroatoms. The van der Waals surface area contributed by atoms with E-state index in [-0.39, 0.29) is 41.2 Å². The van der Waals surface area contributed by atoms with E-state index in [1.54, 1.807) is 11.0 Å². The van der Waals surface area contributed by atoms with Gasteiger partial charge < -0.3 is 34.5 Å². The number of imidazole rings is 1. The molecule has 9 nitrogen and oxygen atoms in total. The Hall–Kier alpha value is -3.77. The van der Waals surface area contributed by atoms with Crippen LogP contribution in [0, 0.1) is 0 Å². The van der Waals surface area contributed by atoms with Gasteiger partial charge in [0, 0.05) is 56.3 Å². The van der Waals surface area contributed by atoms with E-state index >= 15 is 0 Å². The zero-order valence-electron chi connectivity index (χ0n) is 22.8. The van der Waals surface area contributed by atoms with Crippen LogP contribution in [-0.2, 0) is 13.1 Å². The number of fused-ring (bicyclic) bond motifs is 1. The second-order valence-corrected chi connectivity index (χ2v) is 10.8. The van der Waals surface area contributed by atoms with E-state index < -0.39 is 12.7 Å². The number of aliphatic hydroxyl groups excluding tert-OH is 1. The Morgan fingerprint density at radius 1 is 1.17 bits per heavy atom. The summed E-state index contributed by atoms with van der Waals surface area (Å²) < 4.78 is 50.7. The van der Waals surface area contributed by atoms with Crippen LogP contribution in [0.4, 0.5) is 18.9 Å². The predicted octanol–water partition coefficient (Wildman–Crippen LogP) is 3.99. The molecule has 2 aliphatic heterocycles. The number of alkyl halides is 3. The van der Waals surface area contributed by atoms with Crippen molar-refractivity contribution in [3.8, 4) is 17.3 Å². The van der Waals surface area contributed by atoms with Gasteiger partial charge in [-0.2, -0.15) is 13.2 Å². The minimum atomic E-state index is -4.52. The lowest BCUT2D eigenvalue weighted by atomic mass is 10.0. The normalized spacial score (nSPS) is 17.6. The lowest BCUT2D eigenvalue weighted by Crippen LogP contribution is -2.45. The van der Waals surface area contributed by atoms with E-state index in [4.69, 9.17) is 15.5 Å². The van der Waals surface area contributed by atoms with Crippen LogP contribution in [-0.4, -0.2) is 82.1 Å². The largest absolute Gasteiger partial charge is 0.494 e. The molecule has 1 saturated heterocycles. The van der Waals surface area contributed by atoms with Gasteiger partial charge in [0.25, 0.3) is 5.91 Å². The van der Waals surface area contributed by atoms with Gasteiger partial charge in [0.2, 0.25) is 0 Å². The van der Waals surface area contributed by atoms with Crippen molar-refractivity contribution in [3.05, 3.63) is 42.0 Å². The molecule has 1 amide bonds. The third kappa shape index (κ3) is 4.99. The second kappa shape index (κ2) is 10.6. The molecule has 0 spiro atoms. The molecule has 1 atom stereocenters. The Kier molecular flexibility index (Phi) is 7.06. The fourth-order valence-corrected chi connectivity index (χ4v) is 6.23. The maximum absolute atomic E-state index is 14.0. The lowest BCUT2D eigenvalue weighted by molar-refractivity contribution is -0.139. The zero-order chi connectivity index (χ0) is 28.9. The van der Waals surface area contributed by atoms with Crippen molar-refractivity contribution in [2.45, 2.75) is 44.6 Å². The third-order valence-electron chi connectivity index (χ3n) is 8.00. The molecule has 41 heavy (non-hydrogen) atoms. The Morgan fingerprint density at radius 2 is 2.00 bits per heavy atom. The summed E-state index contributed by atoms with van der Waals surface area (Å²) in [6.45, 7) is 1.68. The van der Waals surface area contributed by atoms with Crippen LogP contribution in [0.2, 0.25) is 0 Å². The maximum Gasteiger partial charge on any atom is 0.406 e. The number of aromatic nitrogens is 3. The van der Waals surface area contributed by atoms with E-state index in [0.29, 0.717) is 50.4 Å². The van der Waals surface area contributed by atoms with Crippen LogP contribution in [0.25, 0.3) is 33.5 Å². The lowest BCUT2D eigenvalue weighted by Gasteiger charge is -2.31. The van der Waals surface area contributed by atoms with Gasteiger partial charge in [0.1, 0.15) is 17.8 Å². The summed E-state index contributed by atoms with van der Waals surface area (Å²) >= 11 is 0. The molecule has 1 fully saturated rings. The number of nitrogens with two attached hydrogens (primary N) is 1. The first kappa shape index (κ1) is 27.4. The van der Waals surface area contributed by atoms with Gasteiger partial charge in [-0.05, 0) is 43.5 Å². The first-order valence-electron chi connectivity index (χ1n) is 13.9. The number of piperidine rings is 1. The van der Waals surface area contributed by atoms with Crippen LogP contribution in [0.3, 0.4) is 0 Å². The molecule has 0 bridgehead atoms. The molecule has 1 unspecified atom stereocenters. The number of ether oxygens (including phenoxy) is 1. The molecule has 6 rings (SSSR count). The number of hydrogen-bond acceptors (Lipinski definition) is 6. The molecule has 0 radical (unpaired) electrons. The Labute approximate surface area is 234 Å². The number of carbonyl (C=O) groups excluding carboxylic acids is 1. The van der Waals surface area contributed by atoms with E-state index in [1.807, 2.05) is 28.8 Å². The molecule has 4 aromatic rings. The van der Waals surface area contributed by atoms with Crippen molar-refractivity contribution < 1.29 is 27.8 Å². The molecular weight excluding hydrogens is 537 g/mol. The van der Waals surface area contributed by atoms with Crippen molar-refractivity contribution >= 4 is 33.5 Å². The summed E-state index contributed by atoms with van der Waals surface area (Å²) in [4.78, 5) is 22.0. The highest BCUT2D eigenvalue weighted by Crippen LogP contribution is 2.40. The van der Waals surface area contributed by atoms with E-state index in [0.717, 1.165) is 34.0 Å². The van der Waals surface area contributed by atoms with Gasteiger partial charge in [-0.3, -0.25) is 4.79 Å². The Morgan fingerprint density at radius 3 is 2.73 bits per heavy atom. The average Bonchev–Trinajstić information content (AvgIpc) is 3.50. The Balaban J connectivity index is 1.52. The molecule has 0 saturated carbocycles. The van der Waals surface area contributed by atoms with Gasteiger partial charge in [-0.15, -0.1) is 0 Å². The SMILES string of the molecule is COc1cc(C(=O)N2CCCC(N)C2)cc2nc(-c3cc4cccc5c4n3CCN5CCCO)n(CC(F)(F)F)c12. The van der Waals surface area contributed by atoms with Crippen molar-refractivity contribution in [1.29, 1.82) is 0 Å². The smallest absolute Gasteiger partial charge is 0.406 e. The summed E-state index contributed by atoms with van der Waals surface area (Å²) in [5.74, 6) is 0.0651. The van der Waals surface area contributed by atoms with Crippen LogP contribution < -0.4 is 15.4 Å². The van der Waals surface area contributed by atoms with E-state index in [9.17, 15) is 23.1 Å². The molecule has 3 N–H and O–H groups in total. The minimum absolute atomic E-state index is 0.0804. The molecule has 2 aromatic heterocycles. The van der Waals surface area contributed by atoms with Crippen molar-refractivity contribution in [2.24, 2.45) is 5.73 Å². The van der Waals surface area contributed by atoms with Crippen LogP contribution in [0.1, 0.15) is 29.6 Å². The summed E-state index contributed by atoms with van der Waals surface area (Å²) in [5.41, 5.74) is 9.28. The van der Waals surface area contributed by atoms with Crippen molar-refractivity contribution in [3.63, 3.8) is 0 Å². The number of nitrogens with zero attached hydrogens (tertiary/aromatic N) is 5. The fourth-order valence-electron chi connectivity index (χ4n) is 6.23. The summed E-state index contributed by atoms with van der Waals surface area (Å²) in [7, 11) is 1.38. The number of methoxy groups -OCH3 is 1. The number of amides is 1. The highest BCUT2D eigenvalue weighted by atomic mass is 19.4. The predicted molar refractivity (Wildman–Crippen MR) is 150 cm³/mol. The fraction of sp³-hybridized carbons (Fsp3) is 0.448. The number of para-hydroxylation sites is 1. The number of benzene rings is 2. The first-order valence-corrected chi connectivity index (χ1v) is 13.9. The van der Waals surface area contributed by atoms with Crippen molar-refractivity contribution in [1.82, 2.24) is 19.0 Å². The third-order valence-corrected chi connectivity index (χ3v) is 8.00. The molecule has 2 aromatic carbocycles. The molecule has 218 valence electrons. The highest BCUT2D eigenvalue weighted by Gasteiger charge is 2.34. The Bertz CT molecular complexity index is 1610. The van der Waals surface area contributed by atoms with Crippen LogP contribution >= 0.6 is 0 Å². The zero-order valence-corrected chi connectivity index (χ0v) is 22.8. The number of likely N-dealkylation sites (tertiary alicyclic amines) is 1. The highest BCUT2D eigenvalue weighted by molar-refractivity contribution is 6.01. The van der Waals surface area contributed by atoms with E-state index in [2.05, 4.69) is 4.90 Å². The number of hydrogen-bond donors (Lipinski definition) is 2. The number of rotatable bonds is 7. The number of anilines is 1.